The molecule has 1 N–H and O–H groups in total. The number of halogens is 3. The van der Waals surface area contributed by atoms with E-state index in [0.717, 1.165) is 12.1 Å². The molecule has 0 saturated carbocycles. The van der Waals surface area contributed by atoms with E-state index in [1.165, 1.54) is 30.2 Å². The molecule has 0 bridgehead atoms. The van der Waals surface area contributed by atoms with Gasteiger partial charge in [-0.3, -0.25) is 4.79 Å². The molecule has 0 fully saturated rings. The summed E-state index contributed by atoms with van der Waals surface area (Å²) in [6, 6.07) is 4.51. The minimum atomic E-state index is -4.44. The van der Waals surface area contributed by atoms with E-state index in [1.807, 2.05) is 0 Å². The lowest BCUT2D eigenvalue weighted by atomic mass is 10.2. The first-order valence-corrected chi connectivity index (χ1v) is 7.14. The van der Waals surface area contributed by atoms with Crippen molar-refractivity contribution in [1.29, 1.82) is 0 Å². The van der Waals surface area contributed by atoms with E-state index in [9.17, 15) is 18.0 Å². The zero-order chi connectivity index (χ0) is 16.3. The molecule has 2 rings (SSSR count). The Hall–Kier alpha value is -2.03. The summed E-state index contributed by atoms with van der Waals surface area (Å²) in [7, 11) is 1.74. The van der Waals surface area contributed by atoms with Crippen LogP contribution in [-0.2, 0) is 18.0 Å². The molecule has 0 aliphatic carbocycles. The van der Waals surface area contributed by atoms with Crippen LogP contribution < -0.4 is 5.32 Å². The second-order valence-electron chi connectivity index (χ2n) is 4.55. The average Bonchev–Trinajstić information content (AvgIpc) is 2.83. The Balaban J connectivity index is 2.04. The first-order valence-electron chi connectivity index (χ1n) is 6.26. The molecule has 1 aromatic carbocycles. The lowest BCUT2D eigenvalue weighted by molar-refractivity contribution is -0.137. The molecule has 0 aliphatic heterocycles. The van der Waals surface area contributed by atoms with E-state index in [1.54, 1.807) is 18.5 Å². The first kappa shape index (κ1) is 16.3. The van der Waals surface area contributed by atoms with Crippen molar-refractivity contribution in [3.8, 4) is 0 Å². The lowest BCUT2D eigenvalue weighted by Gasteiger charge is -2.13. The number of carbonyl (C=O) groups excluding carboxylic acids is 1. The van der Waals surface area contributed by atoms with Crippen LogP contribution in [0, 0.1) is 0 Å². The van der Waals surface area contributed by atoms with Gasteiger partial charge in [0.25, 0.3) is 0 Å². The highest BCUT2D eigenvalue weighted by atomic mass is 32.2. The molecule has 0 spiro atoms. The van der Waals surface area contributed by atoms with Crippen LogP contribution in [0.3, 0.4) is 0 Å². The van der Waals surface area contributed by atoms with Crippen LogP contribution in [-0.4, -0.2) is 25.9 Å². The summed E-state index contributed by atoms with van der Waals surface area (Å²) in [5, 5.41) is 10.0. The summed E-state index contributed by atoms with van der Waals surface area (Å²) in [5.41, 5.74) is -0.704. The number of rotatable bonds is 4. The number of hydrogen-bond acceptors (Lipinski definition) is 4. The number of nitrogens with one attached hydrogen (secondary N) is 1. The summed E-state index contributed by atoms with van der Waals surface area (Å²) in [6.45, 7) is 1.64. The number of carbonyl (C=O) groups is 1. The normalized spacial score (nSPS) is 13.0. The van der Waals surface area contributed by atoms with Gasteiger partial charge >= 0.3 is 6.18 Å². The Labute approximate surface area is 128 Å². The van der Waals surface area contributed by atoms with Crippen LogP contribution in [0.25, 0.3) is 0 Å². The van der Waals surface area contributed by atoms with Gasteiger partial charge in [-0.2, -0.15) is 13.2 Å². The molecular formula is C13H13F3N4OS. The smallest absolute Gasteiger partial charge is 0.325 e. The molecule has 22 heavy (non-hydrogen) atoms. The molecule has 0 saturated heterocycles. The SMILES string of the molecule is C[C@H](Sc1nncn1C)C(=O)Nc1cccc(C(F)(F)F)c1. The molecule has 0 radical (unpaired) electrons. The lowest BCUT2D eigenvalue weighted by Crippen LogP contribution is -2.23. The van der Waals surface area contributed by atoms with Crippen LogP contribution in [0.15, 0.2) is 35.7 Å². The summed E-state index contributed by atoms with van der Waals surface area (Å²) in [6.07, 6.45) is -2.94. The third-order valence-electron chi connectivity index (χ3n) is 2.78. The van der Waals surface area contributed by atoms with Crippen molar-refractivity contribution < 1.29 is 18.0 Å². The van der Waals surface area contributed by atoms with Gasteiger partial charge < -0.3 is 9.88 Å². The minimum absolute atomic E-state index is 0.102. The van der Waals surface area contributed by atoms with Crippen molar-refractivity contribution in [2.24, 2.45) is 7.05 Å². The van der Waals surface area contributed by atoms with Crippen molar-refractivity contribution in [1.82, 2.24) is 14.8 Å². The fourth-order valence-corrected chi connectivity index (χ4v) is 2.40. The van der Waals surface area contributed by atoms with Gasteiger partial charge in [-0.05, 0) is 25.1 Å². The Morgan fingerprint density at radius 3 is 2.73 bits per heavy atom. The molecular weight excluding hydrogens is 317 g/mol. The maximum absolute atomic E-state index is 12.6. The predicted molar refractivity (Wildman–Crippen MR) is 76.4 cm³/mol. The number of benzene rings is 1. The summed E-state index contributed by atoms with van der Waals surface area (Å²) < 4.78 is 39.5. The van der Waals surface area contributed by atoms with Crippen LogP contribution in [0.2, 0.25) is 0 Å². The summed E-state index contributed by atoms with van der Waals surface area (Å²) in [4.78, 5) is 12.0. The number of aromatic nitrogens is 3. The van der Waals surface area contributed by atoms with Crippen molar-refractivity contribution in [3.05, 3.63) is 36.2 Å². The first-order chi connectivity index (χ1) is 10.3. The van der Waals surface area contributed by atoms with Crippen molar-refractivity contribution in [3.63, 3.8) is 0 Å². The van der Waals surface area contributed by atoms with Gasteiger partial charge in [0.15, 0.2) is 5.16 Å². The molecule has 118 valence electrons. The third kappa shape index (κ3) is 4.00. The second kappa shape index (κ2) is 6.39. The maximum atomic E-state index is 12.6. The van der Waals surface area contributed by atoms with Crippen LogP contribution in [0.5, 0.6) is 0 Å². The Morgan fingerprint density at radius 1 is 1.41 bits per heavy atom. The number of thioether (sulfide) groups is 1. The molecule has 1 atom stereocenters. The van der Waals surface area contributed by atoms with Gasteiger partial charge in [-0.1, -0.05) is 17.8 Å². The summed E-state index contributed by atoms with van der Waals surface area (Å²) in [5.74, 6) is -0.410. The van der Waals surface area contributed by atoms with E-state index in [2.05, 4.69) is 15.5 Å². The topological polar surface area (TPSA) is 59.8 Å². The van der Waals surface area contributed by atoms with E-state index < -0.39 is 22.9 Å². The van der Waals surface area contributed by atoms with Gasteiger partial charge in [0.05, 0.1) is 10.8 Å². The number of alkyl halides is 3. The maximum Gasteiger partial charge on any atom is 0.416 e. The zero-order valence-electron chi connectivity index (χ0n) is 11.8. The second-order valence-corrected chi connectivity index (χ2v) is 5.86. The zero-order valence-corrected chi connectivity index (χ0v) is 12.6. The molecule has 9 heteroatoms. The molecule has 1 amide bonds. The van der Waals surface area contributed by atoms with Gasteiger partial charge in [-0.25, -0.2) is 0 Å². The van der Waals surface area contributed by atoms with E-state index >= 15 is 0 Å². The van der Waals surface area contributed by atoms with E-state index in [4.69, 9.17) is 0 Å². The van der Waals surface area contributed by atoms with Crippen LogP contribution in [0.1, 0.15) is 12.5 Å². The molecule has 2 aromatic rings. The fourth-order valence-electron chi connectivity index (χ4n) is 1.61. The van der Waals surface area contributed by atoms with Crippen molar-refractivity contribution >= 4 is 23.4 Å². The number of anilines is 1. The highest BCUT2D eigenvalue weighted by Crippen LogP contribution is 2.31. The third-order valence-corrected chi connectivity index (χ3v) is 3.93. The van der Waals surface area contributed by atoms with Crippen molar-refractivity contribution in [2.75, 3.05) is 5.32 Å². The quantitative estimate of drug-likeness (QED) is 0.876. The number of hydrogen-bond donors (Lipinski definition) is 1. The minimum Gasteiger partial charge on any atom is -0.325 e. The number of nitrogens with zero attached hydrogens (tertiary/aromatic N) is 3. The largest absolute Gasteiger partial charge is 0.416 e. The standard InChI is InChI=1S/C13H13F3N4OS/c1-8(22-12-19-17-7-20(12)2)11(21)18-10-5-3-4-9(6-10)13(14,15)16/h3-8H,1-2H3,(H,18,21)/t8-/m0/s1. The Morgan fingerprint density at radius 2 is 2.14 bits per heavy atom. The fraction of sp³-hybridized carbons (Fsp3) is 0.308. The number of aryl methyl sites for hydroxylation is 1. The molecule has 5 nitrogen and oxygen atoms in total. The van der Waals surface area contributed by atoms with E-state index in [-0.39, 0.29) is 5.69 Å². The highest BCUT2D eigenvalue weighted by molar-refractivity contribution is 8.00. The van der Waals surface area contributed by atoms with Crippen molar-refractivity contribution in [2.45, 2.75) is 23.5 Å². The molecule has 1 heterocycles. The number of amides is 1. The monoisotopic (exact) mass is 330 g/mol. The van der Waals surface area contributed by atoms with Gasteiger partial charge in [0.1, 0.15) is 6.33 Å². The molecule has 0 aliphatic rings. The predicted octanol–water partition coefficient (Wildman–Crippen LogP) is 2.95. The van der Waals surface area contributed by atoms with Gasteiger partial charge in [0, 0.05) is 12.7 Å². The highest BCUT2D eigenvalue weighted by Gasteiger charge is 2.30. The molecule has 0 unspecified atom stereocenters. The van der Waals surface area contributed by atoms with Crippen LogP contribution in [0.4, 0.5) is 18.9 Å². The Kier molecular flexibility index (Phi) is 4.74. The molecule has 1 aromatic heterocycles. The average molecular weight is 330 g/mol. The van der Waals surface area contributed by atoms with Gasteiger partial charge in [0.2, 0.25) is 5.91 Å². The van der Waals surface area contributed by atoms with Gasteiger partial charge in [-0.15, -0.1) is 10.2 Å². The van der Waals surface area contributed by atoms with Crippen LogP contribution >= 0.6 is 11.8 Å². The summed E-state index contributed by atoms with van der Waals surface area (Å²) >= 11 is 1.17. The Bertz CT molecular complexity index is 671. The van der Waals surface area contributed by atoms with E-state index in [0.29, 0.717) is 5.16 Å².